The Labute approximate surface area is 96.1 Å². The standard InChI is InChI=1S/C12H17N3O/c1-9(2)7-10(3)5-4-6-12(16)11(8-13)15-14/h4-6,14H2,1-3H3/b15-11+. The minimum absolute atomic E-state index is 0.205. The summed E-state index contributed by atoms with van der Waals surface area (Å²) in [4.78, 5) is 11.3. The molecule has 86 valence electrons. The maximum atomic E-state index is 11.3. The highest BCUT2D eigenvalue weighted by Crippen LogP contribution is 2.07. The normalized spacial score (nSPS) is 10.2. The topological polar surface area (TPSA) is 79.2 Å². The molecule has 0 bridgehead atoms. The molecule has 0 spiro atoms. The summed E-state index contributed by atoms with van der Waals surface area (Å²) in [5.74, 6) is 4.61. The van der Waals surface area contributed by atoms with Crippen molar-refractivity contribution in [2.75, 3.05) is 0 Å². The van der Waals surface area contributed by atoms with Crippen molar-refractivity contribution in [1.82, 2.24) is 0 Å². The lowest BCUT2D eigenvalue weighted by Gasteiger charge is -1.98. The van der Waals surface area contributed by atoms with E-state index in [-0.39, 0.29) is 11.5 Å². The molecule has 0 aromatic carbocycles. The molecular weight excluding hydrogens is 202 g/mol. The summed E-state index contributed by atoms with van der Waals surface area (Å²) >= 11 is 0. The summed E-state index contributed by atoms with van der Waals surface area (Å²) < 4.78 is 0. The molecule has 0 saturated carbocycles. The van der Waals surface area contributed by atoms with Crippen LogP contribution in [0.15, 0.2) is 22.0 Å². The van der Waals surface area contributed by atoms with Gasteiger partial charge in [-0.2, -0.15) is 10.4 Å². The van der Waals surface area contributed by atoms with Crippen LogP contribution in [0, 0.1) is 11.3 Å². The Morgan fingerprint density at radius 3 is 2.38 bits per heavy atom. The molecule has 0 aliphatic carbocycles. The van der Waals surface area contributed by atoms with Crippen LogP contribution in [0.1, 0.15) is 40.0 Å². The number of hydrogen-bond acceptors (Lipinski definition) is 4. The predicted octanol–water partition coefficient (Wildman–Crippen LogP) is 2.08. The molecule has 0 atom stereocenters. The van der Waals surface area contributed by atoms with Crippen LogP contribution in [0.2, 0.25) is 0 Å². The van der Waals surface area contributed by atoms with Crippen LogP contribution < -0.4 is 5.84 Å². The molecule has 4 heteroatoms. The summed E-state index contributed by atoms with van der Waals surface area (Å²) in [6.07, 6.45) is 1.78. The van der Waals surface area contributed by atoms with E-state index in [1.54, 1.807) is 6.07 Å². The largest absolute Gasteiger partial charge is 0.322 e. The number of hydrogen-bond donors (Lipinski definition) is 1. The van der Waals surface area contributed by atoms with Gasteiger partial charge in [0, 0.05) is 6.42 Å². The monoisotopic (exact) mass is 219 g/mol. The Morgan fingerprint density at radius 2 is 1.94 bits per heavy atom. The Bertz CT molecular complexity index is 389. The van der Waals surface area contributed by atoms with E-state index in [1.165, 1.54) is 0 Å². The summed E-state index contributed by atoms with van der Waals surface area (Å²) in [5.41, 5.74) is 5.19. The van der Waals surface area contributed by atoms with Crippen molar-refractivity contribution < 1.29 is 4.79 Å². The molecule has 0 aromatic rings. The van der Waals surface area contributed by atoms with Gasteiger partial charge in [-0.15, -0.1) is 5.73 Å². The van der Waals surface area contributed by atoms with E-state index in [4.69, 9.17) is 11.1 Å². The van der Waals surface area contributed by atoms with Crippen LogP contribution in [0.3, 0.4) is 0 Å². The van der Waals surface area contributed by atoms with Crippen LogP contribution in [0.25, 0.3) is 0 Å². The van der Waals surface area contributed by atoms with Crippen LogP contribution in [-0.4, -0.2) is 11.5 Å². The SMILES string of the molecule is CC(C)=C=C(C)CCCC(=O)/C(C#N)=N/N. The molecule has 0 saturated heterocycles. The zero-order chi connectivity index (χ0) is 12.6. The number of carbonyl (C=O) groups excluding carboxylic acids is 1. The molecule has 0 aliphatic rings. The summed E-state index contributed by atoms with van der Waals surface area (Å²) in [6, 6.07) is 1.67. The molecule has 0 aromatic heterocycles. The van der Waals surface area contributed by atoms with Gasteiger partial charge in [0.05, 0.1) is 0 Å². The lowest BCUT2D eigenvalue weighted by molar-refractivity contribution is -0.112. The minimum atomic E-state index is -0.296. The van der Waals surface area contributed by atoms with Crippen molar-refractivity contribution in [3.05, 3.63) is 16.9 Å². The third kappa shape index (κ3) is 5.79. The van der Waals surface area contributed by atoms with E-state index < -0.39 is 0 Å². The lowest BCUT2D eigenvalue weighted by Crippen LogP contribution is -2.13. The van der Waals surface area contributed by atoms with Crippen molar-refractivity contribution in [2.45, 2.75) is 40.0 Å². The Morgan fingerprint density at radius 1 is 1.31 bits per heavy atom. The number of nitrogens with zero attached hydrogens (tertiary/aromatic N) is 2. The number of Topliss-reactive ketones (excluding diaryl/α,β-unsaturated/α-hetero) is 1. The Balaban J connectivity index is 4.17. The number of allylic oxidation sites excluding steroid dienone is 1. The van der Waals surface area contributed by atoms with Gasteiger partial charge in [-0.05, 0) is 44.8 Å². The second-order valence-corrected chi connectivity index (χ2v) is 3.77. The van der Waals surface area contributed by atoms with Gasteiger partial charge in [0.25, 0.3) is 0 Å². The summed E-state index contributed by atoms with van der Waals surface area (Å²) in [5, 5.41) is 11.7. The Kier molecular flexibility index (Phi) is 6.58. The molecule has 0 unspecified atom stereocenters. The van der Waals surface area contributed by atoms with Gasteiger partial charge in [-0.3, -0.25) is 4.79 Å². The summed E-state index contributed by atoms with van der Waals surface area (Å²) in [7, 11) is 0. The maximum absolute atomic E-state index is 11.3. The zero-order valence-corrected chi connectivity index (χ0v) is 10.0. The molecular formula is C12H17N3O. The fraction of sp³-hybridized carbons (Fsp3) is 0.500. The fourth-order valence-corrected chi connectivity index (χ4v) is 1.29. The molecule has 4 nitrogen and oxygen atoms in total. The lowest BCUT2D eigenvalue weighted by atomic mass is 10.1. The van der Waals surface area contributed by atoms with E-state index in [9.17, 15) is 4.79 Å². The predicted molar refractivity (Wildman–Crippen MR) is 63.7 cm³/mol. The molecule has 2 N–H and O–H groups in total. The maximum Gasteiger partial charge on any atom is 0.202 e. The number of carbonyl (C=O) groups is 1. The molecule has 0 amide bonds. The number of hydrazone groups is 1. The van der Waals surface area contributed by atoms with Crippen LogP contribution in [-0.2, 0) is 4.79 Å². The van der Waals surface area contributed by atoms with Crippen molar-refractivity contribution in [3.8, 4) is 6.07 Å². The van der Waals surface area contributed by atoms with Crippen LogP contribution >= 0.6 is 0 Å². The van der Waals surface area contributed by atoms with Gasteiger partial charge in [-0.25, -0.2) is 0 Å². The second-order valence-electron chi connectivity index (χ2n) is 3.77. The molecule has 16 heavy (non-hydrogen) atoms. The molecule has 0 rings (SSSR count). The van der Waals surface area contributed by atoms with Gasteiger partial charge >= 0.3 is 0 Å². The molecule has 0 aliphatic heterocycles. The smallest absolute Gasteiger partial charge is 0.202 e. The average Bonchev–Trinajstić information content (AvgIpc) is 2.18. The number of rotatable bonds is 5. The number of ketones is 1. The van der Waals surface area contributed by atoms with E-state index >= 15 is 0 Å². The quantitative estimate of drug-likeness (QED) is 0.333. The first-order chi connectivity index (χ1) is 7.51. The van der Waals surface area contributed by atoms with Gasteiger partial charge in [0.1, 0.15) is 6.07 Å². The van der Waals surface area contributed by atoms with Crippen molar-refractivity contribution in [1.29, 1.82) is 5.26 Å². The highest BCUT2D eigenvalue weighted by molar-refractivity contribution is 6.45. The minimum Gasteiger partial charge on any atom is -0.322 e. The van der Waals surface area contributed by atoms with Crippen LogP contribution in [0.5, 0.6) is 0 Å². The van der Waals surface area contributed by atoms with Crippen molar-refractivity contribution in [2.24, 2.45) is 10.9 Å². The molecule has 0 radical (unpaired) electrons. The van der Waals surface area contributed by atoms with Crippen molar-refractivity contribution in [3.63, 3.8) is 0 Å². The van der Waals surface area contributed by atoms with Gasteiger partial charge in [0.15, 0.2) is 5.78 Å². The van der Waals surface area contributed by atoms with Gasteiger partial charge in [0.2, 0.25) is 5.71 Å². The summed E-state index contributed by atoms with van der Waals surface area (Å²) in [6.45, 7) is 5.92. The molecule has 0 fully saturated rings. The zero-order valence-electron chi connectivity index (χ0n) is 10.0. The second kappa shape index (κ2) is 7.44. The number of nitrogens with two attached hydrogens (primary N) is 1. The van der Waals surface area contributed by atoms with Gasteiger partial charge < -0.3 is 5.84 Å². The highest BCUT2D eigenvalue weighted by atomic mass is 16.1. The van der Waals surface area contributed by atoms with Gasteiger partial charge in [-0.1, -0.05) is 0 Å². The average molecular weight is 219 g/mol. The third-order valence-electron chi connectivity index (χ3n) is 1.92. The molecule has 0 heterocycles. The Hall–Kier alpha value is -1.85. The van der Waals surface area contributed by atoms with E-state index in [0.717, 1.165) is 17.6 Å². The first-order valence-electron chi connectivity index (χ1n) is 5.12. The number of nitriles is 1. The van der Waals surface area contributed by atoms with E-state index in [1.807, 2.05) is 20.8 Å². The highest BCUT2D eigenvalue weighted by Gasteiger charge is 2.09. The van der Waals surface area contributed by atoms with Crippen molar-refractivity contribution >= 4 is 11.5 Å². The fourth-order valence-electron chi connectivity index (χ4n) is 1.29. The van der Waals surface area contributed by atoms with Crippen LogP contribution in [0.4, 0.5) is 0 Å². The van der Waals surface area contributed by atoms with E-state index in [0.29, 0.717) is 12.8 Å². The third-order valence-corrected chi connectivity index (χ3v) is 1.92. The van der Waals surface area contributed by atoms with E-state index in [2.05, 4.69) is 10.8 Å². The first-order valence-corrected chi connectivity index (χ1v) is 5.12. The first kappa shape index (κ1) is 14.2.